The molecule has 0 saturated carbocycles. The summed E-state index contributed by atoms with van der Waals surface area (Å²) in [5, 5.41) is 10.2. The largest absolute Gasteiger partial charge is 0.388 e. The Morgan fingerprint density at radius 1 is 1.43 bits per heavy atom. The molecule has 0 fully saturated rings. The first-order valence-electron chi connectivity index (χ1n) is 5.75. The van der Waals surface area contributed by atoms with Crippen molar-refractivity contribution in [3.63, 3.8) is 0 Å². The van der Waals surface area contributed by atoms with Gasteiger partial charge in [-0.25, -0.2) is 0 Å². The van der Waals surface area contributed by atoms with Crippen LogP contribution in [0.25, 0.3) is 0 Å². The van der Waals surface area contributed by atoms with Crippen molar-refractivity contribution in [2.45, 2.75) is 53.6 Å². The van der Waals surface area contributed by atoms with E-state index >= 15 is 0 Å². The summed E-state index contributed by atoms with van der Waals surface area (Å²) in [5.74, 6) is 1.04. The standard InChI is InChI=1S/C13H24O/c1-6-10-7-9(2)8-11(12(10)14)13(3,4)5/h7,9,11-12,14H,6,8H2,1-5H3. The summed E-state index contributed by atoms with van der Waals surface area (Å²) in [6, 6.07) is 0. The Hall–Kier alpha value is -0.300. The van der Waals surface area contributed by atoms with Gasteiger partial charge in [0.2, 0.25) is 0 Å². The predicted molar refractivity (Wildman–Crippen MR) is 61.1 cm³/mol. The van der Waals surface area contributed by atoms with Gasteiger partial charge in [-0.2, -0.15) is 0 Å². The molecular weight excluding hydrogens is 172 g/mol. The highest BCUT2D eigenvalue weighted by atomic mass is 16.3. The fourth-order valence-corrected chi connectivity index (χ4v) is 2.47. The van der Waals surface area contributed by atoms with Gasteiger partial charge in [0.15, 0.2) is 0 Å². The van der Waals surface area contributed by atoms with Gasteiger partial charge in [0.25, 0.3) is 0 Å². The molecule has 0 amide bonds. The van der Waals surface area contributed by atoms with Gasteiger partial charge < -0.3 is 5.11 Å². The Balaban J connectivity index is 2.88. The van der Waals surface area contributed by atoms with Crippen molar-refractivity contribution < 1.29 is 5.11 Å². The minimum absolute atomic E-state index is 0.211. The van der Waals surface area contributed by atoms with Crippen LogP contribution >= 0.6 is 0 Å². The van der Waals surface area contributed by atoms with Gasteiger partial charge in [0, 0.05) is 0 Å². The Bertz CT molecular complexity index is 222. The summed E-state index contributed by atoms with van der Waals surface area (Å²) in [7, 11) is 0. The predicted octanol–water partition coefficient (Wildman–Crippen LogP) is 3.39. The van der Waals surface area contributed by atoms with Crippen LogP contribution in [-0.2, 0) is 0 Å². The van der Waals surface area contributed by atoms with Gasteiger partial charge in [-0.3, -0.25) is 0 Å². The quantitative estimate of drug-likeness (QED) is 0.637. The number of rotatable bonds is 1. The monoisotopic (exact) mass is 196 g/mol. The van der Waals surface area contributed by atoms with Crippen LogP contribution in [0.1, 0.15) is 47.5 Å². The van der Waals surface area contributed by atoms with Crippen LogP contribution in [0.5, 0.6) is 0 Å². The summed E-state index contributed by atoms with van der Waals surface area (Å²) < 4.78 is 0. The van der Waals surface area contributed by atoms with Crippen molar-refractivity contribution in [2.75, 3.05) is 0 Å². The van der Waals surface area contributed by atoms with Crippen molar-refractivity contribution in [3.8, 4) is 0 Å². The van der Waals surface area contributed by atoms with E-state index in [4.69, 9.17) is 0 Å². The molecule has 0 aromatic carbocycles. The zero-order valence-corrected chi connectivity index (χ0v) is 10.2. The molecule has 0 aromatic rings. The molecule has 0 radical (unpaired) electrons. The SMILES string of the molecule is CCC1=CC(C)CC(C(C)(C)C)C1O. The van der Waals surface area contributed by atoms with Crippen molar-refractivity contribution in [3.05, 3.63) is 11.6 Å². The summed E-state index contributed by atoms with van der Waals surface area (Å²) >= 11 is 0. The molecule has 1 N–H and O–H groups in total. The number of hydrogen-bond acceptors (Lipinski definition) is 1. The maximum absolute atomic E-state index is 10.2. The second kappa shape index (κ2) is 4.06. The van der Waals surface area contributed by atoms with Gasteiger partial charge in [0.05, 0.1) is 6.10 Å². The molecule has 0 saturated heterocycles. The van der Waals surface area contributed by atoms with Crippen LogP contribution in [0.3, 0.4) is 0 Å². The molecule has 3 atom stereocenters. The number of aliphatic hydroxyl groups is 1. The van der Waals surface area contributed by atoms with Crippen molar-refractivity contribution in [2.24, 2.45) is 17.3 Å². The van der Waals surface area contributed by atoms with E-state index < -0.39 is 0 Å². The molecule has 1 nitrogen and oxygen atoms in total. The lowest BCUT2D eigenvalue weighted by Crippen LogP contribution is -2.37. The van der Waals surface area contributed by atoms with E-state index in [0.29, 0.717) is 11.8 Å². The molecule has 0 aromatic heterocycles. The number of aliphatic hydroxyl groups excluding tert-OH is 1. The number of hydrogen-bond donors (Lipinski definition) is 1. The van der Waals surface area contributed by atoms with Gasteiger partial charge in [0.1, 0.15) is 0 Å². The lowest BCUT2D eigenvalue weighted by atomic mass is 9.68. The van der Waals surface area contributed by atoms with Crippen molar-refractivity contribution >= 4 is 0 Å². The minimum Gasteiger partial charge on any atom is -0.388 e. The highest BCUT2D eigenvalue weighted by molar-refractivity contribution is 5.15. The first kappa shape index (κ1) is 11.8. The lowest BCUT2D eigenvalue weighted by Gasteiger charge is -2.40. The van der Waals surface area contributed by atoms with Crippen LogP contribution in [0.2, 0.25) is 0 Å². The molecule has 14 heavy (non-hydrogen) atoms. The Kier molecular flexibility index (Phi) is 3.41. The normalized spacial score (nSPS) is 34.1. The highest BCUT2D eigenvalue weighted by Gasteiger charge is 2.36. The van der Waals surface area contributed by atoms with Crippen molar-refractivity contribution in [1.29, 1.82) is 0 Å². The first-order chi connectivity index (χ1) is 6.36. The van der Waals surface area contributed by atoms with Crippen molar-refractivity contribution in [1.82, 2.24) is 0 Å². The molecule has 0 bridgehead atoms. The molecule has 1 rings (SSSR count). The Morgan fingerprint density at radius 3 is 2.43 bits per heavy atom. The van der Waals surface area contributed by atoms with E-state index in [9.17, 15) is 5.11 Å². The van der Waals surface area contributed by atoms with E-state index in [1.165, 1.54) is 5.57 Å². The summed E-state index contributed by atoms with van der Waals surface area (Å²) in [5.41, 5.74) is 1.45. The lowest BCUT2D eigenvalue weighted by molar-refractivity contribution is 0.0450. The van der Waals surface area contributed by atoms with Crippen LogP contribution in [0.4, 0.5) is 0 Å². The minimum atomic E-state index is -0.212. The fraction of sp³-hybridized carbons (Fsp3) is 0.846. The zero-order chi connectivity index (χ0) is 10.9. The second-order valence-electron chi connectivity index (χ2n) is 5.73. The Morgan fingerprint density at radius 2 is 2.00 bits per heavy atom. The third kappa shape index (κ3) is 2.38. The summed E-state index contributed by atoms with van der Waals surface area (Å²) in [6.07, 6.45) is 4.15. The van der Waals surface area contributed by atoms with Gasteiger partial charge in [-0.15, -0.1) is 0 Å². The Labute approximate surface area is 88.2 Å². The fourth-order valence-electron chi connectivity index (χ4n) is 2.47. The molecule has 1 aliphatic rings. The maximum atomic E-state index is 10.2. The van der Waals surface area contributed by atoms with E-state index in [1.807, 2.05) is 0 Å². The second-order valence-corrected chi connectivity index (χ2v) is 5.73. The average Bonchev–Trinajstić information content (AvgIpc) is 2.06. The van der Waals surface area contributed by atoms with Crippen LogP contribution < -0.4 is 0 Å². The highest BCUT2D eigenvalue weighted by Crippen LogP contribution is 2.40. The van der Waals surface area contributed by atoms with E-state index in [0.717, 1.165) is 12.8 Å². The zero-order valence-electron chi connectivity index (χ0n) is 10.2. The molecule has 3 unspecified atom stereocenters. The molecule has 1 heteroatoms. The number of allylic oxidation sites excluding steroid dienone is 1. The van der Waals surface area contributed by atoms with Gasteiger partial charge in [-0.05, 0) is 35.7 Å². The summed E-state index contributed by atoms with van der Waals surface area (Å²) in [6.45, 7) is 11.1. The average molecular weight is 196 g/mol. The van der Waals surface area contributed by atoms with Crippen LogP contribution in [0, 0.1) is 17.3 Å². The van der Waals surface area contributed by atoms with Gasteiger partial charge >= 0.3 is 0 Å². The molecule has 0 aliphatic heterocycles. The third-order valence-electron chi connectivity index (χ3n) is 3.41. The van der Waals surface area contributed by atoms with E-state index in [-0.39, 0.29) is 11.5 Å². The summed E-state index contributed by atoms with van der Waals surface area (Å²) in [4.78, 5) is 0. The van der Waals surface area contributed by atoms with Crippen LogP contribution in [-0.4, -0.2) is 11.2 Å². The maximum Gasteiger partial charge on any atom is 0.0783 e. The van der Waals surface area contributed by atoms with E-state index in [2.05, 4.69) is 40.7 Å². The smallest absolute Gasteiger partial charge is 0.0783 e. The van der Waals surface area contributed by atoms with Crippen LogP contribution in [0.15, 0.2) is 11.6 Å². The molecule has 1 aliphatic carbocycles. The van der Waals surface area contributed by atoms with E-state index in [1.54, 1.807) is 0 Å². The van der Waals surface area contributed by atoms with Gasteiger partial charge in [-0.1, -0.05) is 40.7 Å². The first-order valence-corrected chi connectivity index (χ1v) is 5.75. The molecule has 0 heterocycles. The third-order valence-corrected chi connectivity index (χ3v) is 3.41. The molecule has 0 spiro atoms. The molecule has 82 valence electrons. The topological polar surface area (TPSA) is 20.2 Å². The molecular formula is C13H24O.